The Morgan fingerprint density at radius 3 is 2.46 bits per heavy atom. The van der Waals surface area contributed by atoms with Crippen LogP contribution in [-0.4, -0.2) is 45.6 Å². The van der Waals surface area contributed by atoms with Crippen LogP contribution in [0.1, 0.15) is 24.0 Å². The number of benzene rings is 2. The molecule has 0 bridgehead atoms. The maximum atomic E-state index is 12.9. The molecule has 2 aromatic carbocycles. The van der Waals surface area contributed by atoms with Gasteiger partial charge in [-0.2, -0.15) is 0 Å². The van der Waals surface area contributed by atoms with E-state index in [4.69, 9.17) is 4.74 Å². The molecule has 0 aromatic heterocycles. The van der Waals surface area contributed by atoms with Crippen LogP contribution in [0, 0.1) is 19.7 Å². The summed E-state index contributed by atoms with van der Waals surface area (Å²) in [6, 6.07) is 11.4. The molecule has 0 amide bonds. The molecule has 0 spiro atoms. The van der Waals surface area contributed by atoms with Crippen LogP contribution in [0.15, 0.2) is 47.4 Å². The van der Waals surface area contributed by atoms with Crippen LogP contribution >= 0.6 is 0 Å². The van der Waals surface area contributed by atoms with Gasteiger partial charge < -0.3 is 4.74 Å². The Kier molecular flexibility index (Phi) is 6.69. The second kappa shape index (κ2) is 9.03. The predicted molar refractivity (Wildman–Crippen MR) is 108 cm³/mol. The third-order valence-electron chi connectivity index (χ3n) is 5.03. The van der Waals surface area contributed by atoms with E-state index in [-0.39, 0.29) is 11.9 Å². The first-order valence-electron chi connectivity index (χ1n) is 9.54. The van der Waals surface area contributed by atoms with E-state index in [0.29, 0.717) is 17.3 Å². The molecule has 0 aliphatic carbocycles. The molecule has 1 N–H and O–H groups in total. The number of nitrogens with zero attached hydrogens (tertiary/aromatic N) is 1. The van der Waals surface area contributed by atoms with Crippen LogP contribution in [0.4, 0.5) is 4.39 Å². The second-order valence-electron chi connectivity index (χ2n) is 7.31. The summed E-state index contributed by atoms with van der Waals surface area (Å²) in [4.78, 5) is 2.62. The predicted octanol–water partition coefficient (Wildman–Crippen LogP) is 3.26. The number of nitrogens with one attached hydrogen (secondary N) is 1. The van der Waals surface area contributed by atoms with Crippen LogP contribution in [-0.2, 0) is 10.0 Å². The maximum Gasteiger partial charge on any atom is 0.241 e. The number of sulfonamides is 1. The SMILES string of the molecule is Cc1ccc(C)c(S(=O)(=O)NC2CCN(CCOc3ccc(F)cc3)CC2)c1. The highest BCUT2D eigenvalue weighted by Gasteiger charge is 2.25. The lowest BCUT2D eigenvalue weighted by atomic mass is 10.1. The van der Waals surface area contributed by atoms with Gasteiger partial charge in [-0.3, -0.25) is 4.90 Å². The minimum atomic E-state index is -3.51. The van der Waals surface area contributed by atoms with Crippen LogP contribution in [0.5, 0.6) is 5.75 Å². The van der Waals surface area contributed by atoms with Gasteiger partial charge in [0.15, 0.2) is 0 Å². The van der Waals surface area contributed by atoms with Crippen molar-refractivity contribution in [2.24, 2.45) is 0 Å². The molecule has 152 valence electrons. The first-order valence-corrected chi connectivity index (χ1v) is 11.0. The van der Waals surface area contributed by atoms with Crippen molar-refractivity contribution in [1.29, 1.82) is 0 Å². The Balaban J connectivity index is 1.46. The number of halogens is 1. The summed E-state index contributed by atoms with van der Waals surface area (Å²) in [5.41, 5.74) is 1.69. The highest BCUT2D eigenvalue weighted by molar-refractivity contribution is 7.89. The van der Waals surface area contributed by atoms with Crippen LogP contribution < -0.4 is 9.46 Å². The molecular formula is C21H27FN2O3S. The van der Waals surface area contributed by atoms with Crippen molar-refractivity contribution in [3.63, 3.8) is 0 Å². The van der Waals surface area contributed by atoms with Crippen LogP contribution in [0.3, 0.4) is 0 Å². The Morgan fingerprint density at radius 1 is 1.11 bits per heavy atom. The van der Waals surface area contributed by atoms with Gasteiger partial charge in [-0.25, -0.2) is 17.5 Å². The molecule has 1 aliphatic rings. The molecule has 1 heterocycles. The number of rotatable bonds is 7. The monoisotopic (exact) mass is 406 g/mol. The Hall–Kier alpha value is -1.96. The Labute approximate surface area is 166 Å². The second-order valence-corrected chi connectivity index (χ2v) is 8.99. The van der Waals surface area contributed by atoms with E-state index >= 15 is 0 Å². The molecule has 2 aromatic rings. The normalized spacial score (nSPS) is 16.2. The molecule has 1 fully saturated rings. The Morgan fingerprint density at radius 2 is 1.79 bits per heavy atom. The van der Waals surface area contributed by atoms with Gasteiger partial charge in [0.25, 0.3) is 0 Å². The summed E-state index contributed by atoms with van der Waals surface area (Å²) < 4.78 is 46.9. The standard InChI is InChI=1S/C21H27FN2O3S/c1-16-3-4-17(2)21(15-16)28(25,26)23-19-9-11-24(12-10-19)13-14-27-20-7-5-18(22)6-8-20/h3-8,15,19,23H,9-14H2,1-2H3. The molecule has 1 aliphatic heterocycles. The zero-order chi connectivity index (χ0) is 20.1. The van der Waals surface area contributed by atoms with Gasteiger partial charge in [0.2, 0.25) is 10.0 Å². The third-order valence-corrected chi connectivity index (χ3v) is 6.69. The minimum Gasteiger partial charge on any atom is -0.492 e. The molecule has 0 radical (unpaired) electrons. The quantitative estimate of drug-likeness (QED) is 0.767. The van der Waals surface area contributed by atoms with Gasteiger partial charge in [-0.1, -0.05) is 12.1 Å². The first kappa shape index (κ1) is 20.8. The third kappa shape index (κ3) is 5.53. The van der Waals surface area contributed by atoms with E-state index in [0.717, 1.165) is 43.6 Å². The largest absolute Gasteiger partial charge is 0.492 e. The lowest BCUT2D eigenvalue weighted by molar-refractivity contribution is 0.170. The molecule has 3 rings (SSSR count). The van der Waals surface area contributed by atoms with Gasteiger partial charge in [0, 0.05) is 12.6 Å². The van der Waals surface area contributed by atoms with E-state index in [1.165, 1.54) is 12.1 Å². The first-order chi connectivity index (χ1) is 13.3. The summed E-state index contributed by atoms with van der Waals surface area (Å²) in [5.74, 6) is 0.371. The lowest BCUT2D eigenvalue weighted by Gasteiger charge is -2.32. The van der Waals surface area contributed by atoms with Crippen molar-refractivity contribution < 1.29 is 17.5 Å². The number of ether oxygens (including phenoxy) is 1. The van der Waals surface area contributed by atoms with Gasteiger partial charge >= 0.3 is 0 Å². The zero-order valence-corrected chi connectivity index (χ0v) is 17.1. The molecular weight excluding hydrogens is 379 g/mol. The van der Waals surface area contributed by atoms with Crippen molar-refractivity contribution in [3.8, 4) is 5.75 Å². The van der Waals surface area contributed by atoms with Gasteiger partial charge in [0.05, 0.1) is 4.90 Å². The van der Waals surface area contributed by atoms with Crippen molar-refractivity contribution in [2.75, 3.05) is 26.2 Å². The minimum absolute atomic E-state index is 0.0563. The molecule has 5 nitrogen and oxygen atoms in total. The van der Waals surface area contributed by atoms with Gasteiger partial charge in [0.1, 0.15) is 18.2 Å². The van der Waals surface area contributed by atoms with Crippen LogP contribution in [0.25, 0.3) is 0 Å². The summed E-state index contributed by atoms with van der Waals surface area (Å²) >= 11 is 0. The highest BCUT2D eigenvalue weighted by Crippen LogP contribution is 2.19. The smallest absolute Gasteiger partial charge is 0.241 e. The van der Waals surface area contributed by atoms with Crippen LogP contribution in [0.2, 0.25) is 0 Å². The fourth-order valence-corrected chi connectivity index (χ4v) is 5.01. The van der Waals surface area contributed by atoms with E-state index in [1.54, 1.807) is 18.2 Å². The number of hydrogen-bond acceptors (Lipinski definition) is 4. The van der Waals surface area contributed by atoms with Crippen molar-refractivity contribution >= 4 is 10.0 Å². The van der Waals surface area contributed by atoms with Crippen molar-refractivity contribution in [2.45, 2.75) is 37.6 Å². The molecule has 0 saturated carbocycles. The number of piperidine rings is 1. The Bertz CT molecular complexity index is 892. The molecule has 0 unspecified atom stereocenters. The van der Waals surface area contributed by atoms with Gasteiger partial charge in [-0.15, -0.1) is 0 Å². The fraction of sp³-hybridized carbons (Fsp3) is 0.429. The summed E-state index contributed by atoms with van der Waals surface area (Å²) in [6.45, 7) is 6.61. The van der Waals surface area contributed by atoms with Crippen molar-refractivity contribution in [3.05, 3.63) is 59.4 Å². The number of aryl methyl sites for hydroxylation is 2. The van der Waals surface area contributed by atoms with E-state index in [1.807, 2.05) is 26.0 Å². The zero-order valence-electron chi connectivity index (χ0n) is 16.3. The van der Waals surface area contributed by atoms with Gasteiger partial charge in [-0.05, 0) is 81.2 Å². The molecule has 1 saturated heterocycles. The fourth-order valence-electron chi connectivity index (χ4n) is 3.38. The lowest BCUT2D eigenvalue weighted by Crippen LogP contribution is -2.45. The number of hydrogen-bond donors (Lipinski definition) is 1. The summed E-state index contributed by atoms with van der Waals surface area (Å²) in [7, 11) is -3.51. The summed E-state index contributed by atoms with van der Waals surface area (Å²) in [5, 5.41) is 0. The molecule has 28 heavy (non-hydrogen) atoms. The number of likely N-dealkylation sites (tertiary alicyclic amines) is 1. The van der Waals surface area contributed by atoms with E-state index in [9.17, 15) is 12.8 Å². The molecule has 7 heteroatoms. The molecule has 0 atom stereocenters. The van der Waals surface area contributed by atoms with E-state index in [2.05, 4.69) is 9.62 Å². The average molecular weight is 407 g/mol. The maximum absolute atomic E-state index is 12.9. The average Bonchev–Trinajstić information content (AvgIpc) is 2.66. The van der Waals surface area contributed by atoms with E-state index < -0.39 is 10.0 Å². The van der Waals surface area contributed by atoms with Crippen molar-refractivity contribution in [1.82, 2.24) is 9.62 Å². The highest BCUT2D eigenvalue weighted by atomic mass is 32.2. The topological polar surface area (TPSA) is 58.6 Å². The summed E-state index contributed by atoms with van der Waals surface area (Å²) in [6.07, 6.45) is 1.53.